The quantitative estimate of drug-likeness (QED) is 0.909. The van der Waals surface area contributed by atoms with Gasteiger partial charge in [-0.2, -0.15) is 0 Å². The standard InChI is InChI=1S/C13H13ClFN3O/c1-2-3-8-11(16)17-12(18-13(8)19)7-4-5-10(15)9(14)6-7/h4-6H,2-3H2,1H3,(H3,16,17,18,19). The zero-order valence-corrected chi connectivity index (χ0v) is 11.1. The van der Waals surface area contributed by atoms with Gasteiger partial charge in [0.05, 0.1) is 10.6 Å². The number of nitrogen functional groups attached to an aromatic ring is 1. The smallest absolute Gasteiger partial charge is 0.256 e. The Morgan fingerprint density at radius 2 is 2.21 bits per heavy atom. The van der Waals surface area contributed by atoms with E-state index in [0.29, 0.717) is 17.5 Å². The fourth-order valence-electron chi connectivity index (χ4n) is 1.79. The molecular formula is C13H13ClFN3O. The average Bonchev–Trinajstić information content (AvgIpc) is 2.37. The highest BCUT2D eigenvalue weighted by atomic mass is 35.5. The van der Waals surface area contributed by atoms with Gasteiger partial charge in [-0.15, -0.1) is 0 Å². The van der Waals surface area contributed by atoms with Gasteiger partial charge in [0.2, 0.25) is 0 Å². The molecule has 1 heterocycles. The molecule has 0 atom stereocenters. The van der Waals surface area contributed by atoms with Crippen molar-refractivity contribution in [1.82, 2.24) is 9.97 Å². The van der Waals surface area contributed by atoms with Gasteiger partial charge in [-0.05, 0) is 24.6 Å². The maximum Gasteiger partial charge on any atom is 0.256 e. The second-order valence-electron chi connectivity index (χ2n) is 4.16. The van der Waals surface area contributed by atoms with Crippen molar-refractivity contribution >= 4 is 17.4 Å². The van der Waals surface area contributed by atoms with Crippen LogP contribution in [-0.4, -0.2) is 9.97 Å². The first-order valence-electron chi connectivity index (χ1n) is 5.87. The van der Waals surface area contributed by atoms with Gasteiger partial charge in [-0.3, -0.25) is 4.79 Å². The van der Waals surface area contributed by atoms with Crippen molar-refractivity contribution in [2.24, 2.45) is 0 Å². The molecule has 4 nitrogen and oxygen atoms in total. The monoisotopic (exact) mass is 281 g/mol. The summed E-state index contributed by atoms with van der Waals surface area (Å²) in [5, 5.41) is -0.0312. The lowest BCUT2D eigenvalue weighted by molar-refractivity contribution is 0.628. The summed E-state index contributed by atoms with van der Waals surface area (Å²) in [6.45, 7) is 1.95. The number of rotatable bonds is 3. The van der Waals surface area contributed by atoms with Crippen LogP contribution in [-0.2, 0) is 6.42 Å². The lowest BCUT2D eigenvalue weighted by Crippen LogP contribution is -2.18. The maximum atomic E-state index is 13.1. The molecule has 3 N–H and O–H groups in total. The summed E-state index contributed by atoms with van der Waals surface area (Å²) in [5.41, 5.74) is 6.49. The molecule has 0 saturated carbocycles. The normalized spacial score (nSPS) is 10.7. The molecule has 0 aliphatic heterocycles. The van der Waals surface area contributed by atoms with Gasteiger partial charge in [-0.25, -0.2) is 9.37 Å². The number of nitrogens with one attached hydrogen (secondary N) is 1. The van der Waals surface area contributed by atoms with Crippen molar-refractivity contribution in [3.05, 3.63) is 45.0 Å². The number of nitrogens with zero attached hydrogens (tertiary/aromatic N) is 1. The Morgan fingerprint density at radius 1 is 1.47 bits per heavy atom. The fraction of sp³-hybridized carbons (Fsp3) is 0.231. The molecule has 0 aliphatic rings. The lowest BCUT2D eigenvalue weighted by atomic mass is 10.1. The van der Waals surface area contributed by atoms with E-state index in [1.165, 1.54) is 18.2 Å². The molecule has 2 aromatic rings. The Balaban J connectivity index is 2.52. The molecule has 100 valence electrons. The number of hydrogen-bond donors (Lipinski definition) is 2. The summed E-state index contributed by atoms with van der Waals surface area (Å²) in [6, 6.07) is 4.10. The van der Waals surface area contributed by atoms with E-state index < -0.39 is 5.82 Å². The molecule has 0 spiro atoms. The molecule has 0 bridgehead atoms. The SMILES string of the molecule is CCCc1c(N)nc(-c2ccc(F)c(Cl)c2)[nH]c1=O. The molecule has 0 radical (unpaired) electrons. The number of aromatic amines is 1. The van der Waals surface area contributed by atoms with Gasteiger partial charge in [-0.1, -0.05) is 24.9 Å². The van der Waals surface area contributed by atoms with Crippen molar-refractivity contribution in [3.63, 3.8) is 0 Å². The van der Waals surface area contributed by atoms with Gasteiger partial charge in [0.1, 0.15) is 17.5 Å². The topological polar surface area (TPSA) is 71.8 Å². The first-order valence-corrected chi connectivity index (χ1v) is 6.24. The van der Waals surface area contributed by atoms with Crippen LogP contribution < -0.4 is 11.3 Å². The molecule has 19 heavy (non-hydrogen) atoms. The fourth-order valence-corrected chi connectivity index (χ4v) is 1.97. The highest BCUT2D eigenvalue weighted by Crippen LogP contribution is 2.22. The largest absolute Gasteiger partial charge is 0.383 e. The Morgan fingerprint density at radius 3 is 2.79 bits per heavy atom. The van der Waals surface area contributed by atoms with Crippen molar-refractivity contribution in [2.75, 3.05) is 5.73 Å². The minimum atomic E-state index is -0.525. The minimum absolute atomic E-state index is 0.0312. The number of H-pyrrole nitrogens is 1. The van der Waals surface area contributed by atoms with Gasteiger partial charge < -0.3 is 10.7 Å². The summed E-state index contributed by atoms with van der Waals surface area (Å²) >= 11 is 5.70. The van der Waals surface area contributed by atoms with E-state index in [1.54, 1.807) is 0 Å². The molecule has 1 aromatic carbocycles. The minimum Gasteiger partial charge on any atom is -0.383 e. The van der Waals surface area contributed by atoms with Crippen molar-refractivity contribution in [1.29, 1.82) is 0 Å². The predicted octanol–water partition coefficient (Wildman–Crippen LogP) is 2.76. The zero-order chi connectivity index (χ0) is 14.0. The third kappa shape index (κ3) is 2.76. The molecule has 0 fully saturated rings. The van der Waals surface area contributed by atoms with Gasteiger partial charge in [0.25, 0.3) is 5.56 Å². The highest BCUT2D eigenvalue weighted by molar-refractivity contribution is 6.31. The third-order valence-electron chi connectivity index (χ3n) is 2.74. The Hall–Kier alpha value is -1.88. The zero-order valence-electron chi connectivity index (χ0n) is 10.3. The van der Waals surface area contributed by atoms with Crippen molar-refractivity contribution < 1.29 is 4.39 Å². The van der Waals surface area contributed by atoms with Crippen LogP contribution >= 0.6 is 11.6 Å². The van der Waals surface area contributed by atoms with E-state index in [0.717, 1.165) is 6.42 Å². The van der Waals surface area contributed by atoms with E-state index in [2.05, 4.69) is 9.97 Å². The van der Waals surface area contributed by atoms with Crippen molar-refractivity contribution in [3.8, 4) is 11.4 Å². The van der Waals surface area contributed by atoms with Gasteiger partial charge in [0, 0.05) is 5.56 Å². The maximum absolute atomic E-state index is 13.1. The summed E-state index contributed by atoms with van der Waals surface area (Å²) in [7, 11) is 0. The number of anilines is 1. The van der Waals surface area contributed by atoms with Crippen LogP contribution in [0.3, 0.4) is 0 Å². The van der Waals surface area contributed by atoms with E-state index in [-0.39, 0.29) is 22.2 Å². The molecule has 0 unspecified atom stereocenters. The van der Waals surface area contributed by atoms with Crippen LogP contribution in [0.15, 0.2) is 23.0 Å². The lowest BCUT2D eigenvalue weighted by Gasteiger charge is -2.06. The Bertz CT molecular complexity index is 669. The summed E-state index contributed by atoms with van der Waals surface area (Å²) in [5.74, 6) is -0.0476. The van der Waals surface area contributed by atoms with Crippen LogP contribution in [0, 0.1) is 5.82 Å². The predicted molar refractivity (Wildman–Crippen MR) is 73.7 cm³/mol. The van der Waals surface area contributed by atoms with E-state index in [4.69, 9.17) is 17.3 Å². The van der Waals surface area contributed by atoms with Gasteiger partial charge in [0.15, 0.2) is 0 Å². The van der Waals surface area contributed by atoms with Crippen LogP contribution in [0.5, 0.6) is 0 Å². The first kappa shape index (κ1) is 13.5. The summed E-state index contributed by atoms with van der Waals surface area (Å²) in [4.78, 5) is 18.7. The summed E-state index contributed by atoms with van der Waals surface area (Å²) < 4.78 is 13.1. The number of hydrogen-bond acceptors (Lipinski definition) is 3. The molecule has 0 aliphatic carbocycles. The second-order valence-corrected chi connectivity index (χ2v) is 4.56. The van der Waals surface area contributed by atoms with E-state index >= 15 is 0 Å². The third-order valence-corrected chi connectivity index (χ3v) is 3.03. The summed E-state index contributed by atoms with van der Waals surface area (Å²) in [6.07, 6.45) is 1.37. The molecule has 0 saturated heterocycles. The molecule has 6 heteroatoms. The molecule has 0 amide bonds. The van der Waals surface area contributed by atoms with E-state index in [1.807, 2.05) is 6.92 Å². The van der Waals surface area contributed by atoms with Crippen LogP contribution in [0.2, 0.25) is 5.02 Å². The second kappa shape index (κ2) is 5.40. The molecule has 1 aromatic heterocycles. The first-order chi connectivity index (χ1) is 9.02. The highest BCUT2D eigenvalue weighted by Gasteiger charge is 2.10. The molecular weight excluding hydrogens is 269 g/mol. The van der Waals surface area contributed by atoms with E-state index in [9.17, 15) is 9.18 Å². The van der Waals surface area contributed by atoms with Gasteiger partial charge >= 0.3 is 0 Å². The van der Waals surface area contributed by atoms with Crippen LogP contribution in [0.1, 0.15) is 18.9 Å². The van der Waals surface area contributed by atoms with Crippen molar-refractivity contribution in [2.45, 2.75) is 19.8 Å². The molecule has 2 rings (SSSR count). The Labute approximate surface area is 114 Å². The average molecular weight is 282 g/mol. The number of nitrogens with two attached hydrogens (primary N) is 1. The Kier molecular flexibility index (Phi) is 3.85. The number of halogens is 2. The van der Waals surface area contributed by atoms with Crippen LogP contribution in [0.25, 0.3) is 11.4 Å². The number of aromatic nitrogens is 2. The number of benzene rings is 1. The van der Waals surface area contributed by atoms with Crippen LogP contribution in [0.4, 0.5) is 10.2 Å².